The number of H-pyrrole nitrogens is 1. The SMILES string of the molecule is O=C(NC1CC1)c1ccc2[nH]c(CN3CCC(c4cccc(OCc5ccc(Cl)cc5F)n4)CC3)nc2c1. The number of pyridine rings is 1. The molecule has 2 fully saturated rings. The zero-order valence-corrected chi connectivity index (χ0v) is 21.7. The Kier molecular flexibility index (Phi) is 7.00. The van der Waals surface area contributed by atoms with Gasteiger partial charge >= 0.3 is 0 Å². The Balaban J connectivity index is 1.03. The Morgan fingerprint density at radius 3 is 2.71 bits per heavy atom. The van der Waals surface area contributed by atoms with Crippen molar-refractivity contribution < 1.29 is 13.9 Å². The number of aromatic amines is 1. The van der Waals surface area contributed by atoms with Crippen molar-refractivity contribution in [2.75, 3.05) is 13.1 Å². The molecule has 1 saturated heterocycles. The summed E-state index contributed by atoms with van der Waals surface area (Å²) in [6, 6.07) is 16.3. The fourth-order valence-electron chi connectivity index (χ4n) is 4.90. The van der Waals surface area contributed by atoms with Crippen LogP contribution in [0.25, 0.3) is 11.0 Å². The van der Waals surface area contributed by atoms with Gasteiger partial charge in [0.05, 0.1) is 17.6 Å². The highest BCUT2D eigenvalue weighted by Gasteiger charge is 2.25. The lowest BCUT2D eigenvalue weighted by Gasteiger charge is -2.31. The number of amides is 1. The third-order valence-corrected chi connectivity index (χ3v) is 7.46. The molecule has 1 amide bonds. The molecule has 2 aromatic heterocycles. The van der Waals surface area contributed by atoms with Gasteiger partial charge in [0.2, 0.25) is 5.88 Å². The lowest BCUT2D eigenvalue weighted by atomic mass is 9.93. The highest BCUT2D eigenvalue weighted by molar-refractivity contribution is 6.30. The van der Waals surface area contributed by atoms with Gasteiger partial charge in [-0.15, -0.1) is 0 Å². The number of hydrogen-bond donors (Lipinski definition) is 2. The van der Waals surface area contributed by atoms with Crippen LogP contribution in [0.4, 0.5) is 4.39 Å². The Hall–Kier alpha value is -3.49. The molecule has 1 aliphatic heterocycles. The van der Waals surface area contributed by atoms with Gasteiger partial charge in [-0.2, -0.15) is 0 Å². The van der Waals surface area contributed by atoms with Crippen LogP contribution in [0.1, 0.15) is 59.0 Å². The van der Waals surface area contributed by atoms with Crippen molar-refractivity contribution in [3.05, 3.63) is 88.1 Å². The molecule has 7 nitrogen and oxygen atoms in total. The Morgan fingerprint density at radius 1 is 1.08 bits per heavy atom. The van der Waals surface area contributed by atoms with Crippen LogP contribution in [0.15, 0.2) is 54.6 Å². The lowest BCUT2D eigenvalue weighted by Crippen LogP contribution is -2.33. The molecular formula is C29H29ClFN5O2. The van der Waals surface area contributed by atoms with Crippen LogP contribution in [0.3, 0.4) is 0 Å². The number of rotatable bonds is 8. The Bertz CT molecular complexity index is 1460. The smallest absolute Gasteiger partial charge is 0.251 e. The van der Waals surface area contributed by atoms with Gasteiger partial charge in [-0.3, -0.25) is 9.69 Å². The number of imidazole rings is 1. The zero-order chi connectivity index (χ0) is 26.1. The number of halogens is 2. The average molecular weight is 534 g/mol. The summed E-state index contributed by atoms with van der Waals surface area (Å²) in [4.78, 5) is 27.6. The van der Waals surface area contributed by atoms with E-state index in [0.717, 1.165) is 67.9 Å². The lowest BCUT2D eigenvalue weighted by molar-refractivity contribution is 0.0951. The second-order valence-corrected chi connectivity index (χ2v) is 10.6. The van der Waals surface area contributed by atoms with E-state index in [9.17, 15) is 9.18 Å². The predicted octanol–water partition coefficient (Wildman–Crippen LogP) is 5.60. The molecule has 0 spiro atoms. The minimum absolute atomic E-state index is 0.0266. The van der Waals surface area contributed by atoms with E-state index in [-0.39, 0.29) is 18.3 Å². The molecular weight excluding hydrogens is 505 g/mol. The number of aromatic nitrogens is 3. The minimum atomic E-state index is -0.384. The second kappa shape index (κ2) is 10.7. The van der Waals surface area contributed by atoms with Crippen LogP contribution in [0.5, 0.6) is 5.88 Å². The van der Waals surface area contributed by atoms with Gasteiger partial charge in [-0.1, -0.05) is 23.7 Å². The van der Waals surface area contributed by atoms with Crippen molar-refractivity contribution in [2.24, 2.45) is 0 Å². The number of hydrogen-bond acceptors (Lipinski definition) is 5. The van der Waals surface area contributed by atoms with Gasteiger partial charge in [0.1, 0.15) is 18.2 Å². The predicted molar refractivity (Wildman–Crippen MR) is 144 cm³/mol. The molecule has 196 valence electrons. The third kappa shape index (κ3) is 5.81. The molecule has 1 aliphatic carbocycles. The molecule has 38 heavy (non-hydrogen) atoms. The van der Waals surface area contributed by atoms with Gasteiger partial charge < -0.3 is 15.0 Å². The third-order valence-electron chi connectivity index (χ3n) is 7.22. The molecule has 0 unspecified atom stereocenters. The number of nitrogens with zero attached hydrogens (tertiary/aromatic N) is 3. The van der Waals surface area contributed by atoms with Gasteiger partial charge in [-0.25, -0.2) is 14.4 Å². The molecule has 0 bridgehead atoms. The average Bonchev–Trinajstić information content (AvgIpc) is 3.64. The zero-order valence-electron chi connectivity index (χ0n) is 20.9. The van der Waals surface area contributed by atoms with Gasteiger partial charge in [-0.05, 0) is 75.2 Å². The van der Waals surface area contributed by atoms with Crippen molar-refractivity contribution in [2.45, 2.75) is 50.8 Å². The fourth-order valence-corrected chi connectivity index (χ4v) is 5.06. The van der Waals surface area contributed by atoms with Crippen LogP contribution >= 0.6 is 11.6 Å². The summed E-state index contributed by atoms with van der Waals surface area (Å²) in [6.07, 6.45) is 4.10. The molecule has 0 radical (unpaired) electrons. The maximum absolute atomic E-state index is 14.1. The summed E-state index contributed by atoms with van der Waals surface area (Å²) >= 11 is 5.83. The molecule has 2 N–H and O–H groups in total. The number of piperidine rings is 1. The van der Waals surface area contributed by atoms with Crippen LogP contribution in [-0.4, -0.2) is 44.9 Å². The summed E-state index contributed by atoms with van der Waals surface area (Å²) < 4.78 is 19.8. The Morgan fingerprint density at radius 2 is 1.92 bits per heavy atom. The number of carbonyl (C=O) groups excluding carboxylic acids is 1. The van der Waals surface area contributed by atoms with Gasteiger partial charge in [0, 0.05) is 39.9 Å². The largest absolute Gasteiger partial charge is 0.473 e. The molecule has 9 heteroatoms. The fraction of sp³-hybridized carbons (Fsp3) is 0.345. The number of fused-ring (bicyclic) bond motifs is 1. The first-order valence-corrected chi connectivity index (χ1v) is 13.4. The van der Waals surface area contributed by atoms with Crippen molar-refractivity contribution in [3.8, 4) is 5.88 Å². The van der Waals surface area contributed by atoms with E-state index in [1.165, 1.54) is 6.07 Å². The summed E-state index contributed by atoms with van der Waals surface area (Å²) in [5.74, 6) is 1.32. The van der Waals surface area contributed by atoms with Crippen molar-refractivity contribution >= 4 is 28.5 Å². The van der Waals surface area contributed by atoms with E-state index in [2.05, 4.69) is 15.2 Å². The number of ether oxygens (including phenoxy) is 1. The van der Waals surface area contributed by atoms with E-state index in [4.69, 9.17) is 26.3 Å². The summed E-state index contributed by atoms with van der Waals surface area (Å²) in [5, 5.41) is 3.39. The van der Waals surface area contributed by atoms with E-state index in [1.54, 1.807) is 18.2 Å². The highest BCUT2D eigenvalue weighted by Crippen LogP contribution is 2.29. The van der Waals surface area contributed by atoms with Crippen LogP contribution < -0.4 is 10.1 Å². The summed E-state index contributed by atoms with van der Waals surface area (Å²) in [7, 11) is 0. The monoisotopic (exact) mass is 533 g/mol. The summed E-state index contributed by atoms with van der Waals surface area (Å²) in [5.41, 5.74) is 3.85. The first-order chi connectivity index (χ1) is 18.5. The van der Waals surface area contributed by atoms with Crippen LogP contribution in [0.2, 0.25) is 5.02 Å². The highest BCUT2D eigenvalue weighted by atomic mass is 35.5. The second-order valence-electron chi connectivity index (χ2n) is 10.1. The Labute approximate surface area is 225 Å². The first-order valence-electron chi connectivity index (χ1n) is 13.1. The summed E-state index contributed by atoms with van der Waals surface area (Å²) in [6.45, 7) is 2.69. The van der Waals surface area contributed by atoms with E-state index < -0.39 is 0 Å². The van der Waals surface area contributed by atoms with Crippen LogP contribution in [0, 0.1) is 5.82 Å². The number of carbonyl (C=O) groups is 1. The van der Waals surface area contributed by atoms with Crippen molar-refractivity contribution in [1.82, 2.24) is 25.2 Å². The molecule has 4 aromatic rings. The van der Waals surface area contributed by atoms with E-state index >= 15 is 0 Å². The van der Waals surface area contributed by atoms with Crippen molar-refractivity contribution in [3.63, 3.8) is 0 Å². The molecule has 2 aliphatic rings. The minimum Gasteiger partial charge on any atom is -0.473 e. The molecule has 0 atom stereocenters. The van der Waals surface area contributed by atoms with Crippen molar-refractivity contribution in [1.29, 1.82) is 0 Å². The van der Waals surface area contributed by atoms with E-state index in [0.29, 0.717) is 34.0 Å². The first kappa shape index (κ1) is 24.8. The molecule has 1 saturated carbocycles. The number of likely N-dealkylation sites (tertiary alicyclic amines) is 1. The van der Waals surface area contributed by atoms with Gasteiger partial charge in [0.15, 0.2) is 0 Å². The standard InChI is InChI=1S/C29H29ClFN5O2/c30-21-6-4-20(23(31)15-21)17-38-28-3-1-2-24(35-28)18-10-12-36(13-11-18)16-27-33-25-9-5-19(14-26(25)34-27)29(37)32-22-7-8-22/h1-6,9,14-15,18,22H,7-8,10-13,16-17H2,(H,32,37)(H,33,34). The normalized spacial score (nSPS) is 16.6. The molecule has 2 aromatic carbocycles. The molecule has 6 rings (SSSR count). The molecule has 3 heterocycles. The number of benzene rings is 2. The van der Waals surface area contributed by atoms with Crippen LogP contribution in [-0.2, 0) is 13.2 Å². The van der Waals surface area contributed by atoms with E-state index in [1.807, 2.05) is 30.3 Å². The maximum atomic E-state index is 14.1. The maximum Gasteiger partial charge on any atom is 0.251 e. The number of nitrogens with one attached hydrogen (secondary N) is 2. The quantitative estimate of drug-likeness (QED) is 0.308. The topological polar surface area (TPSA) is 83.1 Å². The van der Waals surface area contributed by atoms with Gasteiger partial charge in [0.25, 0.3) is 5.91 Å².